The molecule has 0 amide bonds. The molecule has 0 spiro atoms. The Morgan fingerprint density at radius 1 is 1.23 bits per heavy atom. The summed E-state index contributed by atoms with van der Waals surface area (Å²) in [7, 11) is -3.35. The molecule has 0 unspecified atom stereocenters. The second-order valence-electron chi connectivity index (χ2n) is 6.71. The lowest BCUT2D eigenvalue weighted by Gasteiger charge is -2.32. The third-order valence-electron chi connectivity index (χ3n) is 4.46. The van der Waals surface area contributed by atoms with Gasteiger partial charge in [-0.25, -0.2) is 8.42 Å². The lowest BCUT2D eigenvalue weighted by molar-refractivity contribution is 0.00578. The van der Waals surface area contributed by atoms with Crippen LogP contribution in [0.15, 0.2) is 12.4 Å². The van der Waals surface area contributed by atoms with Gasteiger partial charge in [-0.2, -0.15) is 5.10 Å². The van der Waals surface area contributed by atoms with E-state index in [0.29, 0.717) is 13.0 Å². The van der Waals surface area contributed by atoms with Crippen LogP contribution in [-0.2, 0) is 25.7 Å². The molecule has 1 aliphatic rings. The number of hydrogen-bond donors (Lipinski definition) is 0. The molecule has 0 atom stereocenters. The normalized spacial score (nSPS) is 20.5. The summed E-state index contributed by atoms with van der Waals surface area (Å²) < 4.78 is 36.6. The molecule has 1 aromatic rings. The van der Waals surface area contributed by atoms with Gasteiger partial charge in [0.15, 0.2) is 0 Å². The van der Waals surface area contributed by atoms with E-state index in [9.17, 15) is 8.42 Å². The molecule has 6 nitrogen and oxygen atoms in total. The number of aryl methyl sites for hydroxylation is 1. The van der Waals surface area contributed by atoms with Gasteiger partial charge in [0, 0.05) is 30.2 Å². The van der Waals surface area contributed by atoms with Gasteiger partial charge in [-0.3, -0.25) is 4.68 Å². The largest absolute Gasteiger partial charge is 0.498 e. The van der Waals surface area contributed by atoms with E-state index in [-0.39, 0.29) is 22.7 Å². The van der Waals surface area contributed by atoms with Crippen LogP contribution in [0.1, 0.15) is 41.0 Å². The van der Waals surface area contributed by atoms with E-state index in [1.165, 1.54) is 0 Å². The molecule has 124 valence electrons. The van der Waals surface area contributed by atoms with Crippen LogP contribution < -0.4 is 5.46 Å². The fourth-order valence-corrected chi connectivity index (χ4v) is 3.05. The third-order valence-corrected chi connectivity index (χ3v) is 6.25. The Balaban J connectivity index is 1.96. The van der Waals surface area contributed by atoms with Crippen LogP contribution in [0, 0.1) is 0 Å². The maximum Gasteiger partial charge on any atom is 0.498 e. The smallest absolute Gasteiger partial charge is 0.399 e. The van der Waals surface area contributed by atoms with Crippen molar-refractivity contribution in [1.82, 2.24) is 9.78 Å². The highest BCUT2D eigenvalue weighted by Crippen LogP contribution is 2.36. The summed E-state index contributed by atoms with van der Waals surface area (Å²) in [6.45, 7) is 10.3. The Labute approximate surface area is 133 Å². The minimum atomic E-state index is -2.92. The van der Waals surface area contributed by atoms with Crippen molar-refractivity contribution in [1.29, 1.82) is 0 Å². The Bertz CT molecular complexity index is 609. The first-order valence-electron chi connectivity index (χ1n) is 7.65. The third kappa shape index (κ3) is 3.72. The van der Waals surface area contributed by atoms with E-state index in [1.807, 2.05) is 33.9 Å². The monoisotopic (exact) mass is 328 g/mol. The molecule has 0 radical (unpaired) electrons. The predicted octanol–water partition coefficient (Wildman–Crippen LogP) is 1.01. The molecule has 0 N–H and O–H groups in total. The lowest BCUT2D eigenvalue weighted by Crippen LogP contribution is -2.41. The summed E-state index contributed by atoms with van der Waals surface area (Å²) >= 11 is 0. The van der Waals surface area contributed by atoms with Crippen molar-refractivity contribution in [2.45, 2.75) is 58.8 Å². The average Bonchev–Trinajstić information content (AvgIpc) is 2.93. The fourth-order valence-electron chi connectivity index (χ4n) is 2.19. The van der Waals surface area contributed by atoms with Crippen LogP contribution in [0.25, 0.3) is 0 Å². The minimum Gasteiger partial charge on any atom is -0.399 e. The molecule has 1 fully saturated rings. The van der Waals surface area contributed by atoms with E-state index in [1.54, 1.807) is 17.8 Å². The molecule has 1 saturated heterocycles. The van der Waals surface area contributed by atoms with Gasteiger partial charge in [0.05, 0.1) is 17.0 Å². The molecule has 0 aliphatic carbocycles. The molecule has 2 rings (SSSR count). The van der Waals surface area contributed by atoms with E-state index < -0.39 is 17.0 Å². The van der Waals surface area contributed by atoms with Crippen LogP contribution in [0.4, 0.5) is 0 Å². The SMILES string of the molecule is CCS(=O)(=O)CCCn1cc(B2OC(C)(C)C(C)(C)O2)cn1. The minimum absolute atomic E-state index is 0.186. The van der Waals surface area contributed by atoms with Crippen molar-refractivity contribution >= 4 is 22.4 Å². The summed E-state index contributed by atoms with van der Waals surface area (Å²) in [5.74, 6) is 0.375. The van der Waals surface area contributed by atoms with Crippen LogP contribution >= 0.6 is 0 Å². The van der Waals surface area contributed by atoms with Crippen molar-refractivity contribution in [2.24, 2.45) is 0 Å². The van der Waals surface area contributed by atoms with Gasteiger partial charge in [-0.15, -0.1) is 0 Å². The molecule has 0 bridgehead atoms. The van der Waals surface area contributed by atoms with Gasteiger partial charge in [0.25, 0.3) is 0 Å². The van der Waals surface area contributed by atoms with Crippen molar-refractivity contribution < 1.29 is 17.7 Å². The van der Waals surface area contributed by atoms with Gasteiger partial charge in [0.2, 0.25) is 0 Å². The Morgan fingerprint density at radius 3 is 2.36 bits per heavy atom. The highest BCUT2D eigenvalue weighted by Gasteiger charge is 2.52. The number of aromatic nitrogens is 2. The molecule has 1 aromatic heterocycles. The first-order valence-corrected chi connectivity index (χ1v) is 9.47. The van der Waals surface area contributed by atoms with Crippen LogP contribution in [0.2, 0.25) is 0 Å². The van der Waals surface area contributed by atoms with Gasteiger partial charge >= 0.3 is 7.12 Å². The van der Waals surface area contributed by atoms with E-state index in [4.69, 9.17) is 9.31 Å². The molecular weight excluding hydrogens is 303 g/mol. The predicted molar refractivity (Wildman–Crippen MR) is 86.9 cm³/mol. The van der Waals surface area contributed by atoms with Crippen molar-refractivity contribution in [2.75, 3.05) is 11.5 Å². The Morgan fingerprint density at radius 2 is 1.82 bits per heavy atom. The van der Waals surface area contributed by atoms with Gasteiger partial charge in [0.1, 0.15) is 9.84 Å². The Kier molecular flexibility index (Phi) is 4.75. The highest BCUT2D eigenvalue weighted by atomic mass is 32.2. The molecule has 8 heteroatoms. The summed E-state index contributed by atoms with van der Waals surface area (Å²) in [4.78, 5) is 0. The molecular formula is C14H25BN2O4S. The van der Waals surface area contributed by atoms with Crippen LogP contribution in [0.5, 0.6) is 0 Å². The number of nitrogens with zero attached hydrogens (tertiary/aromatic N) is 2. The zero-order valence-corrected chi connectivity index (χ0v) is 14.8. The molecule has 1 aliphatic heterocycles. The molecule has 0 aromatic carbocycles. The zero-order valence-electron chi connectivity index (χ0n) is 14.0. The molecule has 2 heterocycles. The van der Waals surface area contributed by atoms with Crippen molar-refractivity contribution in [3.8, 4) is 0 Å². The van der Waals surface area contributed by atoms with Gasteiger partial charge in [-0.1, -0.05) is 6.92 Å². The summed E-state index contributed by atoms with van der Waals surface area (Å²) in [6, 6.07) is 0. The first-order chi connectivity index (χ1) is 10.1. The maximum atomic E-state index is 11.5. The fraction of sp³-hybridized carbons (Fsp3) is 0.786. The second-order valence-corrected chi connectivity index (χ2v) is 9.19. The van der Waals surface area contributed by atoms with E-state index >= 15 is 0 Å². The zero-order chi connectivity index (χ0) is 16.6. The van der Waals surface area contributed by atoms with Gasteiger partial charge < -0.3 is 9.31 Å². The number of rotatable bonds is 6. The topological polar surface area (TPSA) is 70.4 Å². The molecule has 0 saturated carbocycles. The quantitative estimate of drug-likeness (QED) is 0.729. The summed E-state index contributed by atoms with van der Waals surface area (Å²) in [5.41, 5.74) is 0.0984. The van der Waals surface area contributed by atoms with Crippen LogP contribution in [-0.4, -0.2) is 48.0 Å². The molecule has 22 heavy (non-hydrogen) atoms. The maximum absolute atomic E-state index is 11.5. The summed E-state index contributed by atoms with van der Waals surface area (Å²) in [6.07, 6.45) is 4.14. The van der Waals surface area contributed by atoms with E-state index in [2.05, 4.69) is 5.10 Å². The van der Waals surface area contributed by atoms with Crippen molar-refractivity contribution in [3.05, 3.63) is 12.4 Å². The first kappa shape index (κ1) is 17.5. The van der Waals surface area contributed by atoms with Gasteiger partial charge in [-0.05, 0) is 34.1 Å². The standard InChI is InChI=1S/C14H25BN2O4S/c1-6-22(18,19)9-7-8-17-11-12(10-16-17)15-20-13(2,3)14(4,5)21-15/h10-11H,6-9H2,1-5H3. The lowest BCUT2D eigenvalue weighted by atomic mass is 9.82. The number of hydrogen-bond acceptors (Lipinski definition) is 5. The van der Waals surface area contributed by atoms with Crippen LogP contribution in [0.3, 0.4) is 0 Å². The van der Waals surface area contributed by atoms with Crippen molar-refractivity contribution in [3.63, 3.8) is 0 Å². The average molecular weight is 328 g/mol. The highest BCUT2D eigenvalue weighted by molar-refractivity contribution is 7.91. The van der Waals surface area contributed by atoms with E-state index in [0.717, 1.165) is 5.46 Å². The second kappa shape index (κ2) is 5.98. The Hall–Kier alpha value is -0.855. The number of sulfone groups is 1. The summed E-state index contributed by atoms with van der Waals surface area (Å²) in [5, 5.41) is 4.26.